The van der Waals surface area contributed by atoms with Crippen LogP contribution >= 0.6 is 11.3 Å². The first-order valence-corrected chi connectivity index (χ1v) is 6.01. The van der Waals surface area contributed by atoms with Gasteiger partial charge in [0.15, 0.2) is 5.13 Å². The lowest BCUT2D eigenvalue weighted by atomic mass is 10.2. The van der Waals surface area contributed by atoms with Gasteiger partial charge in [-0.25, -0.2) is 9.78 Å². The van der Waals surface area contributed by atoms with Crippen LogP contribution in [0.4, 0.5) is 9.93 Å². The molecule has 0 aliphatic carbocycles. The van der Waals surface area contributed by atoms with Crippen molar-refractivity contribution >= 4 is 28.5 Å². The zero-order valence-corrected chi connectivity index (χ0v) is 10.5. The molecule has 1 N–H and O–H groups in total. The Labute approximate surface area is 103 Å². The van der Waals surface area contributed by atoms with Crippen molar-refractivity contribution in [1.82, 2.24) is 9.88 Å². The van der Waals surface area contributed by atoms with Crippen LogP contribution in [0.5, 0.6) is 0 Å². The second kappa shape index (κ2) is 4.70. The molecule has 2 amide bonds. The van der Waals surface area contributed by atoms with Crippen molar-refractivity contribution < 1.29 is 14.3 Å². The molecule has 1 aliphatic heterocycles. The first-order valence-electron chi connectivity index (χ1n) is 5.19. The normalized spacial score (nSPS) is 14.1. The fraction of sp³-hybridized carbons (Fsp3) is 0.500. The predicted octanol–water partition coefficient (Wildman–Crippen LogP) is 1.23. The fourth-order valence-electron chi connectivity index (χ4n) is 1.66. The Morgan fingerprint density at radius 1 is 1.53 bits per heavy atom. The number of ether oxygens (including phenoxy) is 1. The Bertz CT molecular complexity index is 458. The van der Waals surface area contributed by atoms with Crippen LogP contribution in [-0.4, -0.2) is 35.5 Å². The second-order valence-electron chi connectivity index (χ2n) is 3.70. The number of hydrogen-bond donors (Lipinski definition) is 1. The molecule has 17 heavy (non-hydrogen) atoms. The minimum absolute atomic E-state index is 0.0616. The number of rotatable bonds is 1. The van der Waals surface area contributed by atoms with Gasteiger partial charge < -0.3 is 9.64 Å². The maximum Gasteiger partial charge on any atom is 0.413 e. The van der Waals surface area contributed by atoms with Crippen molar-refractivity contribution in [3.05, 3.63) is 10.6 Å². The number of amides is 2. The summed E-state index contributed by atoms with van der Waals surface area (Å²) in [7, 11) is 1.31. The van der Waals surface area contributed by atoms with Crippen molar-refractivity contribution in [1.29, 1.82) is 0 Å². The van der Waals surface area contributed by atoms with E-state index < -0.39 is 6.09 Å². The Hall–Kier alpha value is -1.63. The highest BCUT2D eigenvalue weighted by Crippen LogP contribution is 2.28. The van der Waals surface area contributed by atoms with Gasteiger partial charge in [-0.2, -0.15) is 0 Å². The third-order valence-corrected chi connectivity index (χ3v) is 3.57. The van der Waals surface area contributed by atoms with Gasteiger partial charge >= 0.3 is 6.09 Å². The quantitative estimate of drug-likeness (QED) is 0.819. The van der Waals surface area contributed by atoms with E-state index in [0.29, 0.717) is 18.2 Å². The van der Waals surface area contributed by atoms with Crippen LogP contribution in [0.2, 0.25) is 0 Å². The molecule has 0 atom stereocenters. The average Bonchev–Trinajstić information content (AvgIpc) is 2.69. The van der Waals surface area contributed by atoms with Crippen molar-refractivity contribution in [2.24, 2.45) is 0 Å². The van der Waals surface area contributed by atoms with Crippen LogP contribution in [0.15, 0.2) is 0 Å². The van der Waals surface area contributed by atoms with E-state index in [4.69, 9.17) is 0 Å². The van der Waals surface area contributed by atoms with Gasteiger partial charge in [-0.15, -0.1) is 0 Å². The van der Waals surface area contributed by atoms with Crippen LogP contribution in [-0.2, 0) is 22.5 Å². The summed E-state index contributed by atoms with van der Waals surface area (Å²) in [5.74, 6) is 0.0616. The molecule has 1 aromatic rings. The number of anilines is 1. The predicted molar refractivity (Wildman–Crippen MR) is 62.9 cm³/mol. The van der Waals surface area contributed by atoms with E-state index in [2.05, 4.69) is 15.0 Å². The van der Waals surface area contributed by atoms with E-state index in [1.54, 1.807) is 11.8 Å². The number of carbonyl (C=O) groups is 2. The molecule has 0 saturated carbocycles. The van der Waals surface area contributed by atoms with Crippen molar-refractivity contribution in [2.75, 3.05) is 19.0 Å². The highest BCUT2D eigenvalue weighted by atomic mass is 32.1. The topological polar surface area (TPSA) is 71.5 Å². The van der Waals surface area contributed by atoms with E-state index in [-0.39, 0.29) is 5.91 Å². The summed E-state index contributed by atoms with van der Waals surface area (Å²) in [6, 6.07) is 0. The number of thiazole rings is 1. The van der Waals surface area contributed by atoms with Gasteiger partial charge in [-0.1, -0.05) is 11.3 Å². The van der Waals surface area contributed by atoms with Crippen LogP contribution in [0, 0.1) is 0 Å². The molecule has 7 heteroatoms. The Morgan fingerprint density at radius 3 is 2.94 bits per heavy atom. The SMILES string of the molecule is COC(=O)Nc1nc2c(s1)CN(C(C)=O)CC2. The molecule has 92 valence electrons. The molecule has 0 unspecified atom stereocenters. The zero-order chi connectivity index (χ0) is 12.4. The number of nitrogens with zero attached hydrogens (tertiary/aromatic N) is 2. The maximum absolute atomic E-state index is 11.3. The molecule has 0 saturated heterocycles. The number of aromatic nitrogens is 1. The smallest absolute Gasteiger partial charge is 0.413 e. The van der Waals surface area contributed by atoms with Crippen LogP contribution < -0.4 is 5.32 Å². The van der Waals surface area contributed by atoms with Gasteiger partial charge in [-0.3, -0.25) is 10.1 Å². The third kappa shape index (κ3) is 2.55. The molecule has 2 rings (SSSR count). The van der Waals surface area contributed by atoms with E-state index in [1.807, 2.05) is 0 Å². The first-order chi connectivity index (χ1) is 8.10. The van der Waals surface area contributed by atoms with Gasteiger partial charge in [0.25, 0.3) is 0 Å². The minimum atomic E-state index is -0.528. The number of fused-ring (bicyclic) bond motifs is 1. The molecule has 0 fully saturated rings. The van der Waals surface area contributed by atoms with E-state index in [0.717, 1.165) is 17.0 Å². The number of methoxy groups -OCH3 is 1. The van der Waals surface area contributed by atoms with Crippen molar-refractivity contribution in [2.45, 2.75) is 19.9 Å². The summed E-state index contributed by atoms with van der Waals surface area (Å²) >= 11 is 1.38. The molecule has 1 aliphatic rings. The van der Waals surface area contributed by atoms with Crippen LogP contribution in [0.3, 0.4) is 0 Å². The molecule has 0 aromatic carbocycles. The lowest BCUT2D eigenvalue weighted by Gasteiger charge is -2.24. The molecule has 0 bridgehead atoms. The van der Waals surface area contributed by atoms with E-state index in [1.165, 1.54) is 18.4 Å². The number of carbonyl (C=O) groups excluding carboxylic acids is 2. The van der Waals surface area contributed by atoms with Crippen molar-refractivity contribution in [3.63, 3.8) is 0 Å². The molecular formula is C10H13N3O3S. The van der Waals surface area contributed by atoms with E-state index >= 15 is 0 Å². The number of nitrogens with one attached hydrogen (secondary N) is 1. The summed E-state index contributed by atoms with van der Waals surface area (Å²) in [4.78, 5) is 29.4. The summed E-state index contributed by atoms with van der Waals surface area (Å²) in [5, 5.41) is 3.06. The molecule has 0 spiro atoms. The zero-order valence-electron chi connectivity index (χ0n) is 9.65. The maximum atomic E-state index is 11.3. The largest absolute Gasteiger partial charge is 0.453 e. The molecule has 2 heterocycles. The Kier molecular flexibility index (Phi) is 3.28. The van der Waals surface area contributed by atoms with Gasteiger partial charge in [0.1, 0.15) is 0 Å². The molecular weight excluding hydrogens is 242 g/mol. The highest BCUT2D eigenvalue weighted by molar-refractivity contribution is 7.15. The summed E-state index contributed by atoms with van der Waals surface area (Å²) in [6.45, 7) is 2.81. The fourth-order valence-corrected chi connectivity index (χ4v) is 2.67. The minimum Gasteiger partial charge on any atom is -0.453 e. The van der Waals surface area contributed by atoms with Gasteiger partial charge in [0.05, 0.1) is 19.3 Å². The number of hydrogen-bond acceptors (Lipinski definition) is 5. The van der Waals surface area contributed by atoms with Gasteiger partial charge in [0, 0.05) is 24.8 Å². The standard InChI is InChI=1S/C10H13N3O3S/c1-6(14)13-4-3-7-8(5-13)17-9(11-7)12-10(15)16-2/h3-5H2,1-2H3,(H,11,12,15). The van der Waals surface area contributed by atoms with Gasteiger partial charge in [0.2, 0.25) is 5.91 Å². The monoisotopic (exact) mass is 255 g/mol. The summed E-state index contributed by atoms with van der Waals surface area (Å²) in [6.07, 6.45) is 0.202. The lowest BCUT2D eigenvalue weighted by Crippen LogP contribution is -2.33. The Balaban J connectivity index is 2.11. The van der Waals surface area contributed by atoms with Crippen LogP contribution in [0.1, 0.15) is 17.5 Å². The average molecular weight is 255 g/mol. The molecule has 1 aromatic heterocycles. The lowest BCUT2D eigenvalue weighted by molar-refractivity contribution is -0.129. The third-order valence-electron chi connectivity index (χ3n) is 2.57. The molecule has 0 radical (unpaired) electrons. The van der Waals surface area contributed by atoms with E-state index in [9.17, 15) is 9.59 Å². The highest BCUT2D eigenvalue weighted by Gasteiger charge is 2.22. The van der Waals surface area contributed by atoms with Gasteiger partial charge in [-0.05, 0) is 0 Å². The van der Waals surface area contributed by atoms with Crippen LogP contribution in [0.25, 0.3) is 0 Å². The second-order valence-corrected chi connectivity index (χ2v) is 4.78. The Morgan fingerprint density at radius 2 is 2.29 bits per heavy atom. The first kappa shape index (κ1) is 11.8. The molecule has 6 nitrogen and oxygen atoms in total. The summed E-state index contributed by atoms with van der Waals surface area (Å²) in [5.41, 5.74) is 0.957. The van der Waals surface area contributed by atoms with Crippen molar-refractivity contribution in [3.8, 4) is 0 Å². The summed E-state index contributed by atoms with van der Waals surface area (Å²) < 4.78 is 4.50.